The number of esters is 1. The maximum absolute atomic E-state index is 11.9. The summed E-state index contributed by atoms with van der Waals surface area (Å²) in [4.78, 5) is 14.5. The van der Waals surface area contributed by atoms with Crippen LogP contribution in [0.4, 0.5) is 0 Å². The maximum atomic E-state index is 11.9. The minimum Gasteiger partial charge on any atom is -0.462 e. The van der Waals surface area contributed by atoms with E-state index in [9.17, 15) is 4.79 Å². The summed E-state index contributed by atoms with van der Waals surface area (Å²) in [5.74, 6) is 0.292. The van der Waals surface area contributed by atoms with Gasteiger partial charge in [0.15, 0.2) is 0 Å². The molecule has 4 heteroatoms. The molecule has 2 aliphatic rings. The first-order valence-electron chi connectivity index (χ1n) is 8.47. The van der Waals surface area contributed by atoms with Gasteiger partial charge in [0, 0.05) is 18.0 Å². The Kier molecular flexibility index (Phi) is 7.13. The van der Waals surface area contributed by atoms with Gasteiger partial charge in [0.1, 0.15) is 0 Å². The molecular weight excluding hydrogens is 310 g/mol. The molecular formula is C19H26ClNO2. The predicted molar refractivity (Wildman–Crippen MR) is 95.6 cm³/mol. The fourth-order valence-corrected chi connectivity index (χ4v) is 3.74. The Balaban J connectivity index is 0.00000192. The van der Waals surface area contributed by atoms with Crippen molar-refractivity contribution in [1.82, 2.24) is 4.90 Å². The van der Waals surface area contributed by atoms with Crippen molar-refractivity contribution in [3.8, 4) is 0 Å². The van der Waals surface area contributed by atoms with Crippen LogP contribution in [-0.2, 0) is 9.53 Å². The van der Waals surface area contributed by atoms with E-state index in [1.165, 1.54) is 51.3 Å². The molecule has 0 aliphatic carbocycles. The van der Waals surface area contributed by atoms with Crippen LogP contribution in [0, 0.1) is 5.92 Å². The lowest BCUT2D eigenvalue weighted by Gasteiger charge is -2.44. The van der Waals surface area contributed by atoms with Crippen LogP contribution in [0.15, 0.2) is 36.4 Å². The van der Waals surface area contributed by atoms with Crippen molar-refractivity contribution in [2.24, 2.45) is 5.92 Å². The van der Waals surface area contributed by atoms with Gasteiger partial charge in [-0.1, -0.05) is 36.8 Å². The molecule has 126 valence electrons. The molecule has 0 radical (unpaired) electrons. The molecule has 2 atom stereocenters. The zero-order valence-electron chi connectivity index (χ0n) is 13.5. The Morgan fingerprint density at radius 2 is 1.91 bits per heavy atom. The van der Waals surface area contributed by atoms with E-state index in [4.69, 9.17) is 4.74 Å². The summed E-state index contributed by atoms with van der Waals surface area (Å²) >= 11 is 0. The maximum Gasteiger partial charge on any atom is 0.330 e. The number of nitrogens with zero attached hydrogens (tertiary/aromatic N) is 1. The molecule has 0 bridgehead atoms. The fourth-order valence-electron chi connectivity index (χ4n) is 3.74. The molecule has 23 heavy (non-hydrogen) atoms. The largest absolute Gasteiger partial charge is 0.462 e. The van der Waals surface area contributed by atoms with Gasteiger partial charge >= 0.3 is 5.97 Å². The number of hydrogen-bond donors (Lipinski definition) is 0. The van der Waals surface area contributed by atoms with Gasteiger partial charge in [-0.15, -0.1) is 12.4 Å². The van der Waals surface area contributed by atoms with Crippen molar-refractivity contribution in [3.63, 3.8) is 0 Å². The van der Waals surface area contributed by atoms with E-state index in [-0.39, 0.29) is 18.4 Å². The van der Waals surface area contributed by atoms with Gasteiger partial charge in [0.25, 0.3) is 0 Å². The number of piperidine rings is 2. The molecule has 3 nitrogen and oxygen atoms in total. The third kappa shape index (κ3) is 5.08. The number of halogens is 1. The number of fused-ring (bicyclic) bond motifs is 1. The first-order valence-corrected chi connectivity index (χ1v) is 8.47. The highest BCUT2D eigenvalue weighted by Gasteiger charge is 2.33. The second-order valence-corrected chi connectivity index (χ2v) is 6.38. The average molecular weight is 336 g/mol. The summed E-state index contributed by atoms with van der Waals surface area (Å²) in [6.07, 6.45) is 9.69. The Labute approximate surface area is 145 Å². The Bertz CT molecular complexity index is 515. The molecule has 0 spiro atoms. The highest BCUT2D eigenvalue weighted by atomic mass is 35.5. The highest BCUT2D eigenvalue weighted by molar-refractivity contribution is 5.87. The molecule has 0 N–H and O–H groups in total. The third-order valence-corrected chi connectivity index (χ3v) is 4.88. The molecule has 1 aromatic rings. The average Bonchev–Trinajstić information content (AvgIpc) is 2.59. The molecule has 2 heterocycles. The molecule has 1 aromatic carbocycles. The standard InChI is InChI=1S/C19H25NO2.ClH/c21-19(12-11-16-7-2-1-3-8-16)22-15-17-9-6-14-20-13-5-4-10-18(17)20;/h1-3,7-8,11-12,17-18H,4-6,9-10,13-15H2;1H/b12-11+;/t17-,18?;/m0./s1. The molecule has 3 rings (SSSR count). The van der Waals surface area contributed by atoms with Crippen molar-refractivity contribution >= 4 is 24.5 Å². The van der Waals surface area contributed by atoms with Crippen molar-refractivity contribution in [3.05, 3.63) is 42.0 Å². The van der Waals surface area contributed by atoms with E-state index >= 15 is 0 Å². The summed E-state index contributed by atoms with van der Waals surface area (Å²) in [6, 6.07) is 10.5. The van der Waals surface area contributed by atoms with Crippen LogP contribution >= 0.6 is 12.4 Å². The second-order valence-electron chi connectivity index (χ2n) is 6.38. The van der Waals surface area contributed by atoms with Gasteiger partial charge < -0.3 is 4.74 Å². The Morgan fingerprint density at radius 3 is 2.74 bits per heavy atom. The van der Waals surface area contributed by atoms with Crippen LogP contribution in [-0.4, -0.2) is 36.6 Å². The van der Waals surface area contributed by atoms with Crippen molar-refractivity contribution in [2.75, 3.05) is 19.7 Å². The molecule has 2 fully saturated rings. The quantitative estimate of drug-likeness (QED) is 0.616. The monoisotopic (exact) mass is 335 g/mol. The molecule has 0 saturated carbocycles. The molecule has 2 saturated heterocycles. The van der Waals surface area contributed by atoms with Gasteiger partial charge in [-0.2, -0.15) is 0 Å². The highest BCUT2D eigenvalue weighted by Crippen LogP contribution is 2.30. The van der Waals surface area contributed by atoms with E-state index in [0.29, 0.717) is 18.6 Å². The number of rotatable bonds is 4. The van der Waals surface area contributed by atoms with E-state index in [0.717, 1.165) is 5.56 Å². The van der Waals surface area contributed by atoms with E-state index < -0.39 is 0 Å². The van der Waals surface area contributed by atoms with E-state index in [2.05, 4.69) is 4.90 Å². The molecule has 1 unspecified atom stereocenters. The zero-order valence-corrected chi connectivity index (χ0v) is 14.3. The van der Waals surface area contributed by atoms with Crippen LogP contribution in [0.25, 0.3) is 6.08 Å². The molecule has 2 aliphatic heterocycles. The number of benzene rings is 1. The van der Waals surface area contributed by atoms with E-state index in [1.54, 1.807) is 0 Å². The lowest BCUT2D eigenvalue weighted by atomic mass is 9.84. The number of carbonyl (C=O) groups excluding carboxylic acids is 1. The van der Waals surface area contributed by atoms with Gasteiger partial charge in [-0.05, 0) is 50.4 Å². The van der Waals surface area contributed by atoms with Gasteiger partial charge in [0.05, 0.1) is 6.61 Å². The van der Waals surface area contributed by atoms with Gasteiger partial charge in [-0.25, -0.2) is 4.79 Å². The summed E-state index contributed by atoms with van der Waals surface area (Å²) in [7, 11) is 0. The van der Waals surface area contributed by atoms with Crippen molar-refractivity contribution < 1.29 is 9.53 Å². The summed E-state index contributed by atoms with van der Waals surface area (Å²) in [5.41, 5.74) is 1.02. The first kappa shape index (κ1) is 18.0. The van der Waals surface area contributed by atoms with Gasteiger partial charge in [0.2, 0.25) is 0 Å². The fraction of sp³-hybridized carbons (Fsp3) is 0.526. The topological polar surface area (TPSA) is 29.5 Å². The minimum absolute atomic E-state index is 0. The summed E-state index contributed by atoms with van der Waals surface area (Å²) in [6.45, 7) is 3.02. The van der Waals surface area contributed by atoms with Crippen LogP contribution in [0.5, 0.6) is 0 Å². The Morgan fingerprint density at radius 1 is 1.13 bits per heavy atom. The minimum atomic E-state index is -0.225. The Hall–Kier alpha value is -1.32. The lowest BCUT2D eigenvalue weighted by molar-refractivity contribution is -0.140. The van der Waals surface area contributed by atoms with Crippen LogP contribution in [0.3, 0.4) is 0 Å². The van der Waals surface area contributed by atoms with Gasteiger partial charge in [-0.3, -0.25) is 4.90 Å². The third-order valence-electron chi connectivity index (χ3n) is 4.88. The number of carbonyl (C=O) groups is 1. The second kappa shape index (κ2) is 9.09. The molecule has 0 amide bonds. The SMILES string of the molecule is Cl.O=C(/C=C/c1ccccc1)OC[C@@H]1CCCN2CCCCC12. The van der Waals surface area contributed by atoms with Crippen molar-refractivity contribution in [1.29, 1.82) is 0 Å². The summed E-state index contributed by atoms with van der Waals surface area (Å²) < 4.78 is 5.50. The van der Waals surface area contributed by atoms with Crippen LogP contribution in [0.1, 0.15) is 37.7 Å². The molecule has 0 aromatic heterocycles. The van der Waals surface area contributed by atoms with Crippen LogP contribution in [0.2, 0.25) is 0 Å². The summed E-state index contributed by atoms with van der Waals surface area (Å²) in [5, 5.41) is 0. The first-order chi connectivity index (χ1) is 10.8. The van der Waals surface area contributed by atoms with Crippen LogP contribution < -0.4 is 0 Å². The zero-order chi connectivity index (χ0) is 15.2. The lowest BCUT2D eigenvalue weighted by Crippen LogP contribution is -2.49. The smallest absolute Gasteiger partial charge is 0.330 e. The predicted octanol–water partition coefficient (Wildman–Crippen LogP) is 3.93. The normalized spacial score (nSPS) is 24.7. The number of hydrogen-bond acceptors (Lipinski definition) is 3. The van der Waals surface area contributed by atoms with E-state index in [1.807, 2.05) is 36.4 Å². The van der Waals surface area contributed by atoms with Crippen molar-refractivity contribution in [2.45, 2.75) is 38.1 Å². The number of ether oxygens (including phenoxy) is 1.